The molecule has 5 heteroatoms. The number of carbonyl (C=O) groups is 1. The molecular weight excluding hydrogens is 311 g/mol. The Morgan fingerprint density at radius 3 is 3.04 bits per heavy atom. The summed E-state index contributed by atoms with van der Waals surface area (Å²) < 4.78 is 14.6. The van der Waals surface area contributed by atoms with Crippen LogP contribution in [-0.2, 0) is 17.8 Å². The summed E-state index contributed by atoms with van der Waals surface area (Å²) in [5.74, 6) is 0.0848. The zero-order chi connectivity index (χ0) is 15.8. The molecular formula is C18H17FN2OS. The van der Waals surface area contributed by atoms with Crippen LogP contribution in [0.2, 0.25) is 0 Å². The van der Waals surface area contributed by atoms with Crippen LogP contribution in [0.1, 0.15) is 22.6 Å². The van der Waals surface area contributed by atoms with Crippen LogP contribution >= 0.6 is 11.8 Å². The van der Waals surface area contributed by atoms with Gasteiger partial charge in [-0.15, -0.1) is 11.8 Å². The Hall–Kier alpha value is -1.85. The summed E-state index contributed by atoms with van der Waals surface area (Å²) in [7, 11) is 0. The maximum Gasteiger partial charge on any atom is 0.232 e. The summed E-state index contributed by atoms with van der Waals surface area (Å²) in [6, 6.07) is 11.5. The first kappa shape index (κ1) is 14.7. The molecule has 2 N–H and O–H groups in total. The van der Waals surface area contributed by atoms with Crippen molar-refractivity contribution in [3.8, 4) is 0 Å². The first-order valence-electron chi connectivity index (χ1n) is 7.77. The van der Waals surface area contributed by atoms with Crippen LogP contribution in [0.4, 0.5) is 10.1 Å². The number of carbonyl (C=O) groups excluding carboxylic acids is 1. The van der Waals surface area contributed by atoms with Gasteiger partial charge in [0.05, 0.1) is 11.6 Å². The second-order valence-electron chi connectivity index (χ2n) is 5.88. The second kappa shape index (κ2) is 5.98. The number of hydrogen-bond acceptors (Lipinski definition) is 3. The van der Waals surface area contributed by atoms with Gasteiger partial charge in [0.15, 0.2) is 0 Å². The van der Waals surface area contributed by atoms with Gasteiger partial charge in [0.25, 0.3) is 0 Å². The van der Waals surface area contributed by atoms with Crippen LogP contribution < -0.4 is 10.6 Å². The van der Waals surface area contributed by atoms with Gasteiger partial charge in [-0.25, -0.2) is 4.39 Å². The van der Waals surface area contributed by atoms with Gasteiger partial charge in [-0.2, -0.15) is 0 Å². The third kappa shape index (κ3) is 2.64. The van der Waals surface area contributed by atoms with E-state index in [0.717, 1.165) is 28.1 Å². The quantitative estimate of drug-likeness (QED) is 0.889. The average Bonchev–Trinajstić information content (AvgIpc) is 3.02. The highest BCUT2D eigenvalue weighted by Gasteiger charge is 2.29. The van der Waals surface area contributed by atoms with Gasteiger partial charge in [0, 0.05) is 17.2 Å². The Labute approximate surface area is 138 Å². The van der Waals surface area contributed by atoms with E-state index in [2.05, 4.69) is 10.6 Å². The van der Waals surface area contributed by atoms with E-state index in [-0.39, 0.29) is 17.6 Å². The smallest absolute Gasteiger partial charge is 0.232 e. The van der Waals surface area contributed by atoms with Crippen molar-refractivity contribution in [2.45, 2.75) is 23.8 Å². The lowest BCUT2D eigenvalue weighted by Crippen LogP contribution is -2.26. The molecule has 23 heavy (non-hydrogen) atoms. The van der Waals surface area contributed by atoms with E-state index in [1.165, 1.54) is 0 Å². The molecule has 2 heterocycles. The van der Waals surface area contributed by atoms with E-state index in [9.17, 15) is 9.18 Å². The van der Waals surface area contributed by atoms with Crippen molar-refractivity contribution in [2.75, 3.05) is 17.6 Å². The molecule has 2 aromatic carbocycles. The van der Waals surface area contributed by atoms with Crippen molar-refractivity contribution < 1.29 is 9.18 Å². The molecule has 3 nitrogen and oxygen atoms in total. The normalized spacial score (nSPS) is 19.1. The lowest BCUT2D eigenvalue weighted by atomic mass is 9.98. The van der Waals surface area contributed by atoms with Crippen LogP contribution in [0.15, 0.2) is 41.3 Å². The van der Waals surface area contributed by atoms with E-state index in [1.54, 1.807) is 17.8 Å². The second-order valence-corrected chi connectivity index (χ2v) is 6.94. The largest absolute Gasteiger partial charge is 0.323 e. The number of hydrogen-bond donors (Lipinski definition) is 2. The van der Waals surface area contributed by atoms with Crippen molar-refractivity contribution in [3.05, 3.63) is 58.9 Å². The molecule has 0 radical (unpaired) electrons. The molecule has 1 atom stereocenters. The molecule has 0 fully saturated rings. The highest BCUT2D eigenvalue weighted by molar-refractivity contribution is 7.99. The number of thioether (sulfide) groups is 1. The van der Waals surface area contributed by atoms with Gasteiger partial charge in [-0.3, -0.25) is 4.79 Å². The van der Waals surface area contributed by atoms with E-state index in [0.29, 0.717) is 24.4 Å². The van der Waals surface area contributed by atoms with E-state index in [1.807, 2.05) is 30.3 Å². The molecule has 0 aliphatic carbocycles. The Morgan fingerprint density at radius 1 is 1.26 bits per heavy atom. The number of anilines is 1. The summed E-state index contributed by atoms with van der Waals surface area (Å²) in [6.07, 6.45) is 0.660. The van der Waals surface area contributed by atoms with Crippen LogP contribution in [0, 0.1) is 5.82 Å². The Kier molecular flexibility index (Phi) is 3.83. The Bertz CT molecular complexity index is 778. The zero-order valence-corrected chi connectivity index (χ0v) is 13.4. The standard InChI is InChI=1S/C18H17FN2OS/c19-17-12-7-8-20-9-11(12)5-6-15(17)21-18(22)14-10-23-16-4-2-1-3-13(14)16/h1-6,14,20H,7-10H2,(H,21,22). The van der Waals surface area contributed by atoms with Gasteiger partial charge in [-0.1, -0.05) is 24.3 Å². The fourth-order valence-corrected chi connectivity index (χ4v) is 4.46. The molecule has 2 aromatic rings. The summed E-state index contributed by atoms with van der Waals surface area (Å²) in [6.45, 7) is 1.46. The van der Waals surface area contributed by atoms with Gasteiger partial charge >= 0.3 is 0 Å². The lowest BCUT2D eigenvalue weighted by molar-refractivity contribution is -0.117. The number of halogens is 1. The maximum atomic E-state index is 14.6. The van der Waals surface area contributed by atoms with Crippen molar-refractivity contribution in [1.29, 1.82) is 0 Å². The summed E-state index contributed by atoms with van der Waals surface area (Å²) >= 11 is 1.68. The highest BCUT2D eigenvalue weighted by Crippen LogP contribution is 2.40. The predicted octanol–water partition coefficient (Wildman–Crippen LogP) is 3.30. The van der Waals surface area contributed by atoms with E-state index < -0.39 is 0 Å². The molecule has 2 aliphatic rings. The Morgan fingerprint density at radius 2 is 2.13 bits per heavy atom. The maximum absolute atomic E-state index is 14.6. The molecule has 0 spiro atoms. The first-order chi connectivity index (χ1) is 11.2. The minimum Gasteiger partial charge on any atom is -0.323 e. The molecule has 0 saturated carbocycles. The van der Waals surface area contributed by atoms with Crippen molar-refractivity contribution in [3.63, 3.8) is 0 Å². The van der Waals surface area contributed by atoms with Crippen LogP contribution in [-0.4, -0.2) is 18.2 Å². The number of fused-ring (bicyclic) bond motifs is 2. The molecule has 118 valence electrons. The number of benzene rings is 2. The SMILES string of the molecule is O=C(Nc1ccc2c(c1F)CCNC2)C1CSc2ccccc21. The van der Waals surface area contributed by atoms with Crippen molar-refractivity contribution >= 4 is 23.4 Å². The summed E-state index contributed by atoms with van der Waals surface area (Å²) in [4.78, 5) is 13.7. The molecule has 0 bridgehead atoms. The van der Waals surface area contributed by atoms with Gasteiger partial charge in [0.2, 0.25) is 5.91 Å². The van der Waals surface area contributed by atoms with E-state index >= 15 is 0 Å². The minimum absolute atomic E-state index is 0.129. The molecule has 4 rings (SSSR count). The molecule has 1 unspecified atom stereocenters. The highest BCUT2D eigenvalue weighted by atomic mass is 32.2. The lowest BCUT2D eigenvalue weighted by Gasteiger charge is -2.20. The Balaban J connectivity index is 1.58. The average molecular weight is 328 g/mol. The molecule has 0 aromatic heterocycles. The monoisotopic (exact) mass is 328 g/mol. The number of amides is 1. The van der Waals surface area contributed by atoms with Crippen LogP contribution in [0.25, 0.3) is 0 Å². The predicted molar refractivity (Wildman–Crippen MR) is 90.3 cm³/mol. The number of nitrogens with one attached hydrogen (secondary N) is 2. The molecule has 1 amide bonds. The van der Waals surface area contributed by atoms with Gasteiger partial charge in [-0.05, 0) is 41.8 Å². The summed E-state index contributed by atoms with van der Waals surface area (Å²) in [5, 5.41) is 6.02. The van der Waals surface area contributed by atoms with Crippen LogP contribution in [0.5, 0.6) is 0 Å². The van der Waals surface area contributed by atoms with Gasteiger partial charge in [0.1, 0.15) is 5.82 Å². The van der Waals surface area contributed by atoms with Crippen molar-refractivity contribution in [1.82, 2.24) is 5.32 Å². The molecule has 0 saturated heterocycles. The zero-order valence-electron chi connectivity index (χ0n) is 12.6. The topological polar surface area (TPSA) is 41.1 Å². The molecule has 2 aliphatic heterocycles. The third-order valence-corrected chi connectivity index (χ3v) is 5.66. The minimum atomic E-state index is -0.281. The van der Waals surface area contributed by atoms with E-state index in [4.69, 9.17) is 0 Å². The third-order valence-electron chi connectivity index (χ3n) is 4.48. The summed E-state index contributed by atoms with van der Waals surface area (Å²) in [5.41, 5.74) is 3.04. The van der Waals surface area contributed by atoms with Crippen molar-refractivity contribution in [2.24, 2.45) is 0 Å². The van der Waals surface area contributed by atoms with Crippen LogP contribution in [0.3, 0.4) is 0 Å². The first-order valence-corrected chi connectivity index (χ1v) is 8.76. The fraction of sp³-hybridized carbons (Fsp3) is 0.278. The number of rotatable bonds is 2. The fourth-order valence-electron chi connectivity index (χ4n) is 3.23. The van der Waals surface area contributed by atoms with Gasteiger partial charge < -0.3 is 10.6 Å².